The van der Waals surface area contributed by atoms with Crippen LogP contribution in [0.4, 0.5) is 0 Å². The first-order valence-corrected chi connectivity index (χ1v) is 4.25. The van der Waals surface area contributed by atoms with E-state index in [4.69, 9.17) is 5.11 Å². The van der Waals surface area contributed by atoms with E-state index in [1.54, 1.807) is 0 Å². The summed E-state index contributed by atoms with van der Waals surface area (Å²) in [6.45, 7) is 0.887. The van der Waals surface area contributed by atoms with Crippen molar-refractivity contribution in [3.63, 3.8) is 0 Å². The molecule has 0 radical (unpaired) electrons. The molecule has 0 amide bonds. The number of hydrogen-bond acceptors (Lipinski definition) is 2. The number of carbonyl (C=O) groups is 1. The molecule has 0 aromatic carbocycles. The highest BCUT2D eigenvalue weighted by Gasteiger charge is 2.42. The first-order chi connectivity index (χ1) is 5.29. The van der Waals surface area contributed by atoms with Crippen LogP contribution in [0.15, 0.2) is 0 Å². The first-order valence-electron chi connectivity index (χ1n) is 4.25. The zero-order chi connectivity index (χ0) is 7.84. The lowest BCUT2D eigenvalue weighted by Crippen LogP contribution is -2.36. The fourth-order valence-corrected chi connectivity index (χ4v) is 2.03. The lowest BCUT2D eigenvalue weighted by atomic mass is 9.95. The van der Waals surface area contributed by atoms with E-state index in [1.807, 2.05) is 0 Å². The fraction of sp³-hybridized carbons (Fsp3) is 0.875. The van der Waals surface area contributed by atoms with Crippen LogP contribution in [0.3, 0.4) is 0 Å². The molecule has 1 saturated carbocycles. The van der Waals surface area contributed by atoms with Crippen LogP contribution < -0.4 is 5.32 Å². The quantitative estimate of drug-likeness (QED) is 0.609. The van der Waals surface area contributed by atoms with E-state index < -0.39 is 5.97 Å². The average Bonchev–Trinajstić information content (AvgIpc) is 2.68. The smallest absolute Gasteiger partial charge is 0.320 e. The summed E-state index contributed by atoms with van der Waals surface area (Å²) >= 11 is 0. The number of hydrogen-bond donors (Lipinski definition) is 2. The van der Waals surface area contributed by atoms with Crippen molar-refractivity contribution in [2.75, 3.05) is 6.54 Å². The van der Waals surface area contributed by atoms with Gasteiger partial charge >= 0.3 is 5.97 Å². The molecule has 2 rings (SSSR count). The number of carboxylic acids is 1. The van der Waals surface area contributed by atoms with E-state index in [1.165, 1.54) is 12.8 Å². The van der Waals surface area contributed by atoms with Crippen molar-refractivity contribution >= 4 is 5.97 Å². The Bertz CT molecular complexity index is 177. The number of carboxylic acid groups (broad SMARTS) is 1. The van der Waals surface area contributed by atoms with E-state index in [2.05, 4.69) is 5.32 Å². The van der Waals surface area contributed by atoms with Crippen LogP contribution >= 0.6 is 0 Å². The molecule has 3 heteroatoms. The van der Waals surface area contributed by atoms with Crippen LogP contribution in [0.25, 0.3) is 0 Å². The van der Waals surface area contributed by atoms with Crippen molar-refractivity contribution in [2.45, 2.75) is 25.3 Å². The van der Waals surface area contributed by atoms with Gasteiger partial charge in [0.25, 0.3) is 0 Å². The second-order valence-corrected chi connectivity index (χ2v) is 3.56. The second kappa shape index (κ2) is 2.48. The average molecular weight is 155 g/mol. The van der Waals surface area contributed by atoms with Gasteiger partial charge in [-0.2, -0.15) is 0 Å². The summed E-state index contributed by atoms with van der Waals surface area (Å²) < 4.78 is 0. The van der Waals surface area contributed by atoms with Crippen LogP contribution in [0.2, 0.25) is 0 Å². The van der Waals surface area contributed by atoms with Gasteiger partial charge in [0.05, 0.1) is 0 Å². The second-order valence-electron chi connectivity index (χ2n) is 3.56. The van der Waals surface area contributed by atoms with Crippen LogP contribution in [0, 0.1) is 11.8 Å². The molecule has 0 aromatic heterocycles. The zero-order valence-corrected chi connectivity index (χ0v) is 6.42. The molecule has 0 spiro atoms. The molecule has 1 saturated heterocycles. The molecule has 2 atom stereocenters. The predicted molar refractivity (Wildman–Crippen MR) is 40.3 cm³/mol. The Kier molecular flexibility index (Phi) is 1.60. The molecule has 0 bridgehead atoms. The maximum absolute atomic E-state index is 10.7. The molecular formula is C8H13NO2. The minimum Gasteiger partial charge on any atom is -0.480 e. The van der Waals surface area contributed by atoms with Crippen LogP contribution in [0.1, 0.15) is 19.3 Å². The highest BCUT2D eigenvalue weighted by molar-refractivity contribution is 5.74. The SMILES string of the molecule is O=C(O)[C@H]1NCC[C@H]1C1CC1. The molecule has 2 fully saturated rings. The summed E-state index contributed by atoms with van der Waals surface area (Å²) in [4.78, 5) is 10.7. The maximum atomic E-state index is 10.7. The van der Waals surface area contributed by atoms with Crippen molar-refractivity contribution < 1.29 is 9.90 Å². The Morgan fingerprint density at radius 2 is 2.09 bits per heavy atom. The van der Waals surface area contributed by atoms with Gasteiger partial charge in [0.15, 0.2) is 0 Å². The molecule has 0 aromatic rings. The third kappa shape index (κ3) is 1.25. The van der Waals surface area contributed by atoms with Gasteiger partial charge in [0.2, 0.25) is 0 Å². The first kappa shape index (κ1) is 7.10. The van der Waals surface area contributed by atoms with Gasteiger partial charge in [-0.25, -0.2) is 0 Å². The lowest BCUT2D eigenvalue weighted by molar-refractivity contribution is -0.140. The van der Waals surface area contributed by atoms with Crippen LogP contribution in [-0.4, -0.2) is 23.7 Å². The Balaban J connectivity index is 2.01. The standard InChI is InChI=1S/C8H13NO2/c10-8(11)7-6(3-4-9-7)5-1-2-5/h5-7,9H,1-4H2,(H,10,11)/t6-,7-/m0/s1. The summed E-state index contributed by atoms with van der Waals surface area (Å²) in [5.41, 5.74) is 0. The van der Waals surface area contributed by atoms with E-state index in [-0.39, 0.29) is 6.04 Å². The number of aliphatic carboxylic acids is 1. The van der Waals surface area contributed by atoms with Crippen molar-refractivity contribution in [3.8, 4) is 0 Å². The van der Waals surface area contributed by atoms with E-state index in [0.29, 0.717) is 11.8 Å². The molecule has 62 valence electrons. The van der Waals surface area contributed by atoms with E-state index in [9.17, 15) is 4.79 Å². The third-order valence-corrected chi connectivity index (χ3v) is 2.76. The van der Waals surface area contributed by atoms with Gasteiger partial charge < -0.3 is 10.4 Å². The minimum atomic E-state index is -0.667. The fourth-order valence-electron chi connectivity index (χ4n) is 2.03. The Morgan fingerprint density at radius 1 is 1.36 bits per heavy atom. The van der Waals surface area contributed by atoms with Crippen LogP contribution in [0.5, 0.6) is 0 Å². The Labute approximate surface area is 65.8 Å². The monoisotopic (exact) mass is 155 g/mol. The molecule has 0 unspecified atom stereocenters. The molecule has 2 aliphatic rings. The molecule has 11 heavy (non-hydrogen) atoms. The summed E-state index contributed by atoms with van der Waals surface area (Å²) in [7, 11) is 0. The summed E-state index contributed by atoms with van der Waals surface area (Å²) in [5.74, 6) is 0.470. The van der Waals surface area contributed by atoms with Crippen molar-refractivity contribution in [1.29, 1.82) is 0 Å². The topological polar surface area (TPSA) is 49.3 Å². The van der Waals surface area contributed by atoms with E-state index in [0.717, 1.165) is 13.0 Å². The van der Waals surface area contributed by atoms with Crippen molar-refractivity contribution in [3.05, 3.63) is 0 Å². The van der Waals surface area contributed by atoms with Crippen LogP contribution in [-0.2, 0) is 4.79 Å². The molecule has 2 N–H and O–H groups in total. The number of nitrogens with one attached hydrogen (secondary N) is 1. The highest BCUT2D eigenvalue weighted by Crippen LogP contribution is 2.41. The van der Waals surface area contributed by atoms with Gasteiger partial charge in [-0.05, 0) is 37.6 Å². The highest BCUT2D eigenvalue weighted by atomic mass is 16.4. The molecular weight excluding hydrogens is 142 g/mol. The van der Waals surface area contributed by atoms with Crippen molar-refractivity contribution in [1.82, 2.24) is 5.32 Å². The molecule has 1 aliphatic heterocycles. The van der Waals surface area contributed by atoms with Gasteiger partial charge in [-0.15, -0.1) is 0 Å². The normalized spacial score (nSPS) is 37.5. The maximum Gasteiger partial charge on any atom is 0.320 e. The largest absolute Gasteiger partial charge is 0.480 e. The minimum absolute atomic E-state index is 0.248. The summed E-state index contributed by atoms with van der Waals surface area (Å²) in [5, 5.41) is 11.8. The summed E-state index contributed by atoms with van der Waals surface area (Å²) in [6, 6.07) is -0.248. The van der Waals surface area contributed by atoms with Gasteiger partial charge in [-0.1, -0.05) is 0 Å². The molecule has 1 heterocycles. The molecule has 3 nitrogen and oxygen atoms in total. The van der Waals surface area contributed by atoms with Gasteiger partial charge in [0.1, 0.15) is 6.04 Å². The van der Waals surface area contributed by atoms with Crippen molar-refractivity contribution in [2.24, 2.45) is 11.8 Å². The van der Waals surface area contributed by atoms with E-state index >= 15 is 0 Å². The molecule has 1 aliphatic carbocycles. The number of rotatable bonds is 2. The third-order valence-electron chi connectivity index (χ3n) is 2.76. The lowest BCUT2D eigenvalue weighted by Gasteiger charge is -2.13. The van der Waals surface area contributed by atoms with Gasteiger partial charge in [0, 0.05) is 0 Å². The van der Waals surface area contributed by atoms with Gasteiger partial charge in [-0.3, -0.25) is 4.79 Å². The Hall–Kier alpha value is -0.570. The Morgan fingerprint density at radius 3 is 2.64 bits per heavy atom. The predicted octanol–water partition coefficient (Wildman–Crippen LogP) is 0.459. The summed E-state index contributed by atoms with van der Waals surface area (Å²) in [6.07, 6.45) is 3.55. The zero-order valence-electron chi connectivity index (χ0n) is 6.42.